The van der Waals surface area contributed by atoms with Crippen LogP contribution in [0.2, 0.25) is 0 Å². The molecule has 4 heterocycles. The Morgan fingerprint density at radius 3 is 2.37 bits per heavy atom. The third-order valence-corrected chi connectivity index (χ3v) is 7.81. The minimum absolute atomic E-state index is 0.0982. The van der Waals surface area contributed by atoms with Crippen molar-refractivity contribution >= 4 is 34.5 Å². The lowest BCUT2D eigenvalue weighted by molar-refractivity contribution is -0.129. The Morgan fingerprint density at radius 2 is 1.71 bits per heavy atom. The van der Waals surface area contributed by atoms with E-state index in [9.17, 15) is 14.9 Å². The van der Waals surface area contributed by atoms with Crippen LogP contribution in [-0.2, 0) is 16.0 Å². The van der Waals surface area contributed by atoms with Gasteiger partial charge in [0.25, 0.3) is 0 Å². The molecular weight excluding hydrogens is 482 g/mol. The fraction of sp³-hybridized carbons (Fsp3) is 0.500. The predicted octanol–water partition coefficient (Wildman–Crippen LogP) is 2.65. The molecule has 10 heteroatoms. The molecule has 3 aromatic rings. The Hall–Kier alpha value is -3.84. The molecule has 0 bridgehead atoms. The first-order chi connectivity index (χ1) is 18.4. The summed E-state index contributed by atoms with van der Waals surface area (Å²) >= 11 is 0. The topological polar surface area (TPSA) is 97.4 Å². The first kappa shape index (κ1) is 25.8. The van der Waals surface area contributed by atoms with Crippen molar-refractivity contribution in [3.8, 4) is 6.07 Å². The number of anilines is 1. The first-order valence-electron chi connectivity index (χ1n) is 13.4. The molecule has 2 aliphatic rings. The molecule has 0 atom stereocenters. The van der Waals surface area contributed by atoms with E-state index in [-0.39, 0.29) is 12.0 Å². The average molecular weight is 518 g/mol. The first-order valence-corrected chi connectivity index (χ1v) is 13.4. The standard InChI is InChI=1S/C28H35N7O3/c1-4-38-28(37)34-13-11-31(12-14-34)10-9-22-20(2)23(19-29)26-30-24-7-5-6-8-25(24)35(26)27(22)33-17-15-32(16-18-33)21(3)36/h5-8H,4,9-18H2,1-3H3. The average Bonchev–Trinajstić information content (AvgIpc) is 3.31. The van der Waals surface area contributed by atoms with E-state index >= 15 is 0 Å². The maximum Gasteiger partial charge on any atom is 0.409 e. The highest BCUT2D eigenvalue weighted by atomic mass is 16.6. The molecule has 10 nitrogen and oxygen atoms in total. The number of piperazine rings is 2. The maximum absolute atomic E-state index is 12.1. The fourth-order valence-corrected chi connectivity index (χ4v) is 5.67. The lowest BCUT2D eigenvalue weighted by Crippen LogP contribution is -2.50. The monoisotopic (exact) mass is 517 g/mol. The number of imidazole rings is 1. The summed E-state index contributed by atoms with van der Waals surface area (Å²) in [4.78, 5) is 37.3. The summed E-state index contributed by atoms with van der Waals surface area (Å²) in [5.41, 5.74) is 5.23. The van der Waals surface area contributed by atoms with Gasteiger partial charge in [-0.3, -0.25) is 14.1 Å². The minimum Gasteiger partial charge on any atom is -0.450 e. The van der Waals surface area contributed by atoms with E-state index in [1.165, 1.54) is 0 Å². The van der Waals surface area contributed by atoms with Crippen molar-refractivity contribution in [1.82, 2.24) is 24.1 Å². The van der Waals surface area contributed by atoms with Gasteiger partial charge in [0.05, 0.1) is 23.2 Å². The van der Waals surface area contributed by atoms with Gasteiger partial charge in [0.2, 0.25) is 5.91 Å². The van der Waals surface area contributed by atoms with Crippen LogP contribution in [0.15, 0.2) is 24.3 Å². The number of pyridine rings is 1. The number of carbonyl (C=O) groups excluding carboxylic acids is 2. The second-order valence-electron chi connectivity index (χ2n) is 9.94. The molecule has 0 saturated carbocycles. The summed E-state index contributed by atoms with van der Waals surface area (Å²) in [7, 11) is 0. The van der Waals surface area contributed by atoms with Crippen molar-refractivity contribution in [3.63, 3.8) is 0 Å². The molecule has 2 aromatic heterocycles. The number of nitrogens with zero attached hydrogens (tertiary/aromatic N) is 7. The molecule has 2 fully saturated rings. The van der Waals surface area contributed by atoms with Gasteiger partial charge in [-0.2, -0.15) is 5.26 Å². The molecule has 2 saturated heterocycles. The van der Waals surface area contributed by atoms with Gasteiger partial charge >= 0.3 is 6.09 Å². The second-order valence-corrected chi connectivity index (χ2v) is 9.94. The number of fused-ring (bicyclic) bond motifs is 3. The van der Waals surface area contributed by atoms with Gasteiger partial charge in [0.1, 0.15) is 11.9 Å². The molecule has 1 aromatic carbocycles. The summed E-state index contributed by atoms with van der Waals surface area (Å²) in [6.07, 6.45) is 0.524. The Balaban J connectivity index is 1.50. The smallest absolute Gasteiger partial charge is 0.409 e. The van der Waals surface area contributed by atoms with E-state index in [2.05, 4.69) is 26.3 Å². The van der Waals surface area contributed by atoms with Crippen LogP contribution in [0.25, 0.3) is 16.7 Å². The van der Waals surface area contributed by atoms with E-state index in [0.717, 1.165) is 67.1 Å². The van der Waals surface area contributed by atoms with Gasteiger partial charge in [-0.1, -0.05) is 12.1 Å². The number of hydrogen-bond acceptors (Lipinski definition) is 7. The molecule has 0 unspecified atom stereocenters. The highest BCUT2D eigenvalue weighted by molar-refractivity contribution is 5.86. The third-order valence-electron chi connectivity index (χ3n) is 7.81. The zero-order valence-corrected chi connectivity index (χ0v) is 22.4. The Kier molecular flexibility index (Phi) is 7.38. The van der Waals surface area contributed by atoms with Gasteiger partial charge in [0, 0.05) is 65.8 Å². The van der Waals surface area contributed by atoms with Crippen molar-refractivity contribution < 1.29 is 14.3 Å². The largest absolute Gasteiger partial charge is 0.450 e. The number of carbonyl (C=O) groups is 2. The molecule has 2 amide bonds. The van der Waals surface area contributed by atoms with Gasteiger partial charge in [-0.05, 0) is 43.5 Å². The summed E-state index contributed by atoms with van der Waals surface area (Å²) in [6, 6.07) is 10.4. The van der Waals surface area contributed by atoms with Crippen LogP contribution in [0.3, 0.4) is 0 Å². The summed E-state index contributed by atoms with van der Waals surface area (Å²) < 4.78 is 7.31. The lowest BCUT2D eigenvalue weighted by atomic mass is 10.0. The molecule has 0 aliphatic carbocycles. The van der Waals surface area contributed by atoms with Gasteiger partial charge < -0.3 is 19.4 Å². The number of ether oxygens (including phenoxy) is 1. The number of nitriles is 1. The summed E-state index contributed by atoms with van der Waals surface area (Å²) in [5, 5.41) is 10.2. The third kappa shape index (κ3) is 4.74. The van der Waals surface area contributed by atoms with Crippen LogP contribution in [-0.4, -0.2) is 102 Å². The quantitative estimate of drug-likeness (QED) is 0.513. The maximum atomic E-state index is 12.1. The van der Waals surface area contributed by atoms with Gasteiger partial charge in [0.15, 0.2) is 5.65 Å². The van der Waals surface area contributed by atoms with Crippen molar-refractivity contribution in [3.05, 3.63) is 41.0 Å². The fourth-order valence-electron chi connectivity index (χ4n) is 5.67. The molecule has 38 heavy (non-hydrogen) atoms. The van der Waals surface area contributed by atoms with Gasteiger partial charge in [-0.15, -0.1) is 0 Å². The van der Waals surface area contributed by atoms with E-state index in [1.807, 2.05) is 36.9 Å². The van der Waals surface area contributed by atoms with Gasteiger partial charge in [-0.25, -0.2) is 9.78 Å². The highest BCUT2D eigenvalue weighted by Crippen LogP contribution is 2.34. The zero-order valence-electron chi connectivity index (χ0n) is 22.4. The number of benzene rings is 1. The van der Waals surface area contributed by atoms with E-state index in [0.29, 0.717) is 44.0 Å². The summed E-state index contributed by atoms with van der Waals surface area (Å²) in [5.74, 6) is 1.17. The van der Waals surface area contributed by atoms with E-state index < -0.39 is 0 Å². The van der Waals surface area contributed by atoms with Crippen LogP contribution in [0.4, 0.5) is 10.6 Å². The van der Waals surface area contributed by atoms with E-state index in [4.69, 9.17) is 9.72 Å². The highest BCUT2D eigenvalue weighted by Gasteiger charge is 2.28. The van der Waals surface area contributed by atoms with Crippen molar-refractivity contribution in [2.24, 2.45) is 0 Å². The van der Waals surface area contributed by atoms with Crippen LogP contribution >= 0.6 is 0 Å². The molecule has 5 rings (SSSR count). The second kappa shape index (κ2) is 10.9. The molecule has 0 radical (unpaired) electrons. The minimum atomic E-state index is -0.244. The van der Waals surface area contributed by atoms with Crippen LogP contribution in [0.5, 0.6) is 0 Å². The lowest BCUT2D eigenvalue weighted by Gasteiger charge is -2.38. The van der Waals surface area contributed by atoms with Crippen LogP contribution in [0, 0.1) is 18.3 Å². The summed E-state index contributed by atoms with van der Waals surface area (Å²) in [6.45, 7) is 12.3. The van der Waals surface area contributed by atoms with Crippen molar-refractivity contribution in [1.29, 1.82) is 5.26 Å². The van der Waals surface area contributed by atoms with Crippen LogP contribution < -0.4 is 4.90 Å². The number of hydrogen-bond donors (Lipinski definition) is 0. The Labute approximate surface area is 223 Å². The number of rotatable bonds is 5. The molecule has 0 spiro atoms. The molecular formula is C28H35N7O3. The Morgan fingerprint density at radius 1 is 1.03 bits per heavy atom. The van der Waals surface area contributed by atoms with Crippen molar-refractivity contribution in [2.75, 3.05) is 70.4 Å². The number of para-hydroxylation sites is 2. The SMILES string of the molecule is CCOC(=O)N1CCN(CCc2c(C)c(C#N)c3nc4ccccc4n3c2N2CCN(C(C)=O)CC2)CC1. The molecule has 200 valence electrons. The molecule has 2 aliphatic heterocycles. The van der Waals surface area contributed by atoms with E-state index in [1.54, 1.807) is 11.8 Å². The number of aromatic nitrogens is 2. The normalized spacial score (nSPS) is 16.7. The predicted molar refractivity (Wildman–Crippen MR) is 145 cm³/mol. The number of amides is 2. The van der Waals surface area contributed by atoms with Crippen molar-refractivity contribution in [2.45, 2.75) is 27.2 Å². The Bertz CT molecular complexity index is 1390. The van der Waals surface area contributed by atoms with Crippen LogP contribution in [0.1, 0.15) is 30.5 Å². The molecule has 0 N–H and O–H groups in total. The zero-order chi connectivity index (χ0) is 26.8.